The Kier molecular flexibility index (Phi) is 2.84. The molecule has 0 radical (unpaired) electrons. The molecule has 0 amide bonds. The average Bonchev–Trinajstić information content (AvgIpc) is 2.28. The van der Waals surface area contributed by atoms with Crippen molar-refractivity contribution in [1.29, 1.82) is 0 Å². The second-order valence-corrected chi connectivity index (χ2v) is 5.14. The molecule has 0 aliphatic carbocycles. The van der Waals surface area contributed by atoms with Gasteiger partial charge in [-0.25, -0.2) is 4.79 Å². The number of carbonyl (C=O) groups is 1. The van der Waals surface area contributed by atoms with E-state index >= 15 is 0 Å². The number of fused-ring (bicyclic) bond motifs is 1. The summed E-state index contributed by atoms with van der Waals surface area (Å²) in [6, 6.07) is 4.62. The average molecular weight is 284 g/mol. The van der Waals surface area contributed by atoms with Crippen molar-refractivity contribution in [1.82, 2.24) is 0 Å². The zero-order chi connectivity index (χ0) is 14.4. The largest absolute Gasteiger partial charge is 0.504 e. The number of hydrogen-bond acceptors (Lipinski definition) is 5. The van der Waals surface area contributed by atoms with Crippen LogP contribution in [0.1, 0.15) is 10.4 Å². The van der Waals surface area contributed by atoms with E-state index < -0.39 is 38.0 Å². The number of aromatic hydroxyl groups is 2. The summed E-state index contributed by atoms with van der Waals surface area (Å²) in [4.78, 5) is 10.5. The summed E-state index contributed by atoms with van der Waals surface area (Å²) in [5, 5.41) is 27.7. The first kappa shape index (κ1) is 13.1. The van der Waals surface area contributed by atoms with Gasteiger partial charge in [-0.3, -0.25) is 4.55 Å². The minimum absolute atomic E-state index is 0.0582. The molecular weight excluding hydrogens is 276 g/mol. The molecular formula is C11H8O7S. The number of phenolic OH excluding ortho intramolecular Hbond substituents is 1. The minimum Gasteiger partial charge on any atom is -0.504 e. The molecule has 0 heterocycles. The van der Waals surface area contributed by atoms with Crippen LogP contribution in [0.2, 0.25) is 0 Å². The molecule has 2 rings (SSSR count). The normalized spacial score (nSPS) is 11.6. The fourth-order valence-corrected chi connectivity index (χ4v) is 2.55. The molecule has 0 unspecified atom stereocenters. The number of carboxylic acid groups (broad SMARTS) is 1. The van der Waals surface area contributed by atoms with Crippen molar-refractivity contribution >= 4 is 26.9 Å². The van der Waals surface area contributed by atoms with Crippen LogP contribution >= 0.6 is 0 Å². The molecule has 100 valence electrons. The summed E-state index contributed by atoms with van der Waals surface area (Å²) in [6.45, 7) is 0. The topological polar surface area (TPSA) is 132 Å². The number of aromatic carboxylic acids is 1. The van der Waals surface area contributed by atoms with E-state index in [1.54, 1.807) is 0 Å². The summed E-state index contributed by atoms with van der Waals surface area (Å²) in [5.74, 6) is -3.29. The van der Waals surface area contributed by atoms with Gasteiger partial charge in [0.05, 0.1) is 0 Å². The van der Waals surface area contributed by atoms with E-state index in [1.807, 2.05) is 0 Å². The highest BCUT2D eigenvalue weighted by atomic mass is 32.2. The highest BCUT2D eigenvalue weighted by Gasteiger charge is 2.24. The van der Waals surface area contributed by atoms with Gasteiger partial charge in [0.15, 0.2) is 11.5 Å². The van der Waals surface area contributed by atoms with Crippen molar-refractivity contribution in [3.8, 4) is 11.5 Å². The van der Waals surface area contributed by atoms with Crippen molar-refractivity contribution in [3.63, 3.8) is 0 Å². The smallest absolute Gasteiger partial charge is 0.340 e. The molecule has 0 spiro atoms. The van der Waals surface area contributed by atoms with Crippen molar-refractivity contribution in [2.75, 3.05) is 0 Å². The van der Waals surface area contributed by atoms with Crippen LogP contribution in [-0.2, 0) is 10.1 Å². The van der Waals surface area contributed by atoms with Crippen LogP contribution in [0.3, 0.4) is 0 Å². The van der Waals surface area contributed by atoms with Gasteiger partial charge >= 0.3 is 5.97 Å². The second-order valence-electron chi connectivity index (χ2n) is 3.75. The predicted octanol–water partition coefficient (Wildman–Crippen LogP) is 1.20. The first-order chi connectivity index (χ1) is 8.73. The second kappa shape index (κ2) is 4.11. The molecule has 0 atom stereocenters. The molecule has 8 heteroatoms. The van der Waals surface area contributed by atoms with Crippen molar-refractivity contribution in [2.24, 2.45) is 0 Å². The van der Waals surface area contributed by atoms with E-state index in [0.29, 0.717) is 0 Å². The number of rotatable bonds is 2. The number of benzene rings is 2. The SMILES string of the molecule is O=C(O)c1c(O)c(O)cc2cccc(S(=O)(=O)O)c12. The maximum Gasteiger partial charge on any atom is 0.340 e. The Hall–Kier alpha value is -2.32. The van der Waals surface area contributed by atoms with Crippen molar-refractivity contribution < 1.29 is 33.1 Å². The maximum absolute atomic E-state index is 11.2. The third kappa shape index (κ3) is 2.07. The molecule has 4 N–H and O–H groups in total. The lowest BCUT2D eigenvalue weighted by Crippen LogP contribution is -2.05. The molecule has 19 heavy (non-hydrogen) atoms. The molecule has 0 aliphatic heterocycles. The lowest BCUT2D eigenvalue weighted by Gasteiger charge is -2.10. The summed E-state index contributed by atoms with van der Waals surface area (Å²) in [6.07, 6.45) is 0. The van der Waals surface area contributed by atoms with Crippen molar-refractivity contribution in [3.05, 3.63) is 29.8 Å². The van der Waals surface area contributed by atoms with Crippen LogP contribution in [0.5, 0.6) is 11.5 Å². The van der Waals surface area contributed by atoms with E-state index in [0.717, 1.165) is 12.1 Å². The molecule has 2 aromatic carbocycles. The highest BCUT2D eigenvalue weighted by molar-refractivity contribution is 7.86. The van der Waals surface area contributed by atoms with Crippen LogP contribution in [-0.4, -0.2) is 34.3 Å². The first-order valence-corrected chi connectivity index (χ1v) is 6.36. The van der Waals surface area contributed by atoms with Gasteiger partial charge in [0.1, 0.15) is 10.5 Å². The van der Waals surface area contributed by atoms with Gasteiger partial charge in [0, 0.05) is 5.39 Å². The molecule has 0 aromatic heterocycles. The van der Waals surface area contributed by atoms with Gasteiger partial charge in [0.2, 0.25) is 0 Å². The first-order valence-electron chi connectivity index (χ1n) is 4.92. The molecule has 0 saturated carbocycles. The summed E-state index contributed by atoms with van der Waals surface area (Å²) < 4.78 is 31.6. The lowest BCUT2D eigenvalue weighted by atomic mass is 10.0. The van der Waals surface area contributed by atoms with Gasteiger partial charge in [-0.15, -0.1) is 0 Å². The van der Waals surface area contributed by atoms with Crippen LogP contribution in [0.25, 0.3) is 10.8 Å². The molecule has 2 aromatic rings. The van der Waals surface area contributed by atoms with E-state index in [-0.39, 0.29) is 10.8 Å². The Labute approximate surface area is 107 Å². The van der Waals surface area contributed by atoms with E-state index in [9.17, 15) is 23.4 Å². The standard InChI is InChI=1S/C11H8O7S/c12-6-4-5-2-1-3-7(19(16,17)18)8(5)9(10(6)13)11(14)15/h1-4,12-13H,(H,14,15)(H,16,17,18). The fraction of sp³-hybridized carbons (Fsp3) is 0. The summed E-state index contributed by atoms with van der Waals surface area (Å²) in [5.41, 5.74) is -0.789. The van der Waals surface area contributed by atoms with Gasteiger partial charge in [-0.1, -0.05) is 12.1 Å². The van der Waals surface area contributed by atoms with Gasteiger partial charge in [-0.2, -0.15) is 8.42 Å². The molecule has 0 aliphatic rings. The monoisotopic (exact) mass is 284 g/mol. The molecule has 0 fully saturated rings. The van der Waals surface area contributed by atoms with Crippen molar-refractivity contribution in [2.45, 2.75) is 4.90 Å². The molecule has 0 saturated heterocycles. The zero-order valence-corrected chi connectivity index (χ0v) is 10.0. The fourth-order valence-electron chi connectivity index (χ4n) is 1.82. The number of carboxylic acids is 1. The summed E-state index contributed by atoms with van der Waals surface area (Å²) >= 11 is 0. The Morgan fingerprint density at radius 2 is 1.79 bits per heavy atom. The van der Waals surface area contributed by atoms with E-state index in [2.05, 4.69) is 0 Å². The van der Waals surface area contributed by atoms with Crippen LogP contribution in [0.15, 0.2) is 29.2 Å². The Morgan fingerprint density at radius 3 is 2.32 bits per heavy atom. The van der Waals surface area contributed by atoms with Gasteiger partial charge in [-0.05, 0) is 17.5 Å². The quantitative estimate of drug-likeness (QED) is 0.481. The van der Waals surface area contributed by atoms with E-state index in [1.165, 1.54) is 12.1 Å². The third-order valence-electron chi connectivity index (χ3n) is 2.57. The Bertz CT molecular complexity index is 792. The van der Waals surface area contributed by atoms with Gasteiger partial charge < -0.3 is 15.3 Å². The van der Waals surface area contributed by atoms with Crippen LogP contribution in [0, 0.1) is 0 Å². The number of phenols is 2. The molecule has 0 bridgehead atoms. The van der Waals surface area contributed by atoms with E-state index in [4.69, 9.17) is 9.66 Å². The maximum atomic E-state index is 11.2. The van der Waals surface area contributed by atoms with Gasteiger partial charge in [0.25, 0.3) is 10.1 Å². The lowest BCUT2D eigenvalue weighted by molar-refractivity contribution is 0.0695. The zero-order valence-electron chi connectivity index (χ0n) is 9.23. The highest BCUT2D eigenvalue weighted by Crippen LogP contribution is 2.38. The third-order valence-corrected chi connectivity index (χ3v) is 3.47. The van der Waals surface area contributed by atoms with Crippen LogP contribution in [0.4, 0.5) is 0 Å². The number of hydrogen-bond donors (Lipinski definition) is 4. The molecule has 7 nitrogen and oxygen atoms in total. The Morgan fingerprint density at radius 1 is 1.16 bits per heavy atom. The Balaban J connectivity index is 3.12. The minimum atomic E-state index is -4.67. The summed E-state index contributed by atoms with van der Waals surface area (Å²) in [7, 11) is -4.67. The van der Waals surface area contributed by atoms with Crippen LogP contribution < -0.4 is 0 Å². The predicted molar refractivity (Wildman–Crippen MR) is 64.1 cm³/mol.